The molecule has 2 N–H and O–H groups in total. The molecular weight excluding hydrogens is 332 g/mol. The highest BCUT2D eigenvalue weighted by Gasteiger charge is 2.28. The zero-order chi connectivity index (χ0) is 18.5. The third kappa shape index (κ3) is 4.68. The monoisotopic (exact) mass is 360 g/mol. The first-order valence-corrected chi connectivity index (χ1v) is 9.47. The maximum atomic E-state index is 12.1. The van der Waals surface area contributed by atoms with Crippen molar-refractivity contribution in [1.82, 2.24) is 10.6 Å². The number of hydrogen-bond acceptors (Lipinski definition) is 4. The summed E-state index contributed by atoms with van der Waals surface area (Å²) in [4.78, 5) is 24.2. The summed E-state index contributed by atoms with van der Waals surface area (Å²) < 4.78 is 10.6. The molecule has 0 aromatic heterocycles. The van der Waals surface area contributed by atoms with Gasteiger partial charge >= 0.3 is 0 Å². The van der Waals surface area contributed by atoms with E-state index in [1.807, 2.05) is 18.2 Å². The maximum Gasteiger partial charge on any atom is 0.231 e. The summed E-state index contributed by atoms with van der Waals surface area (Å²) in [5.74, 6) is 2.40. The lowest BCUT2D eigenvalue weighted by atomic mass is 9.78. The van der Waals surface area contributed by atoms with Gasteiger partial charge in [0.2, 0.25) is 18.6 Å². The van der Waals surface area contributed by atoms with Gasteiger partial charge in [-0.15, -0.1) is 0 Å². The summed E-state index contributed by atoms with van der Waals surface area (Å²) >= 11 is 0. The van der Waals surface area contributed by atoms with Crippen LogP contribution in [0.4, 0.5) is 0 Å². The van der Waals surface area contributed by atoms with Gasteiger partial charge < -0.3 is 20.1 Å². The zero-order valence-corrected chi connectivity index (χ0v) is 15.5. The molecule has 1 aromatic carbocycles. The van der Waals surface area contributed by atoms with Crippen LogP contribution in [0.1, 0.15) is 51.5 Å². The number of hydrogen-bond donors (Lipinski definition) is 2. The Hall–Kier alpha value is -2.24. The molecule has 1 aliphatic carbocycles. The Morgan fingerprint density at radius 3 is 2.69 bits per heavy atom. The summed E-state index contributed by atoms with van der Waals surface area (Å²) in [5, 5.41) is 5.96. The van der Waals surface area contributed by atoms with Gasteiger partial charge in [0.15, 0.2) is 11.5 Å². The van der Waals surface area contributed by atoms with Crippen LogP contribution in [0.3, 0.4) is 0 Å². The minimum atomic E-state index is -0.122. The van der Waals surface area contributed by atoms with Gasteiger partial charge in [-0.2, -0.15) is 0 Å². The number of rotatable bonds is 6. The average molecular weight is 360 g/mol. The predicted molar refractivity (Wildman–Crippen MR) is 97.8 cm³/mol. The van der Waals surface area contributed by atoms with Crippen molar-refractivity contribution in [3.8, 4) is 11.5 Å². The molecule has 0 bridgehead atoms. The van der Waals surface area contributed by atoms with Crippen LogP contribution in [-0.4, -0.2) is 24.6 Å². The Morgan fingerprint density at radius 1 is 1.08 bits per heavy atom. The van der Waals surface area contributed by atoms with Crippen LogP contribution in [0.15, 0.2) is 18.2 Å². The molecule has 6 heteroatoms. The molecule has 2 aliphatic rings. The van der Waals surface area contributed by atoms with Crippen molar-refractivity contribution in [2.75, 3.05) is 6.79 Å². The smallest absolute Gasteiger partial charge is 0.231 e. The Balaban J connectivity index is 1.37. The van der Waals surface area contributed by atoms with Crippen molar-refractivity contribution in [2.45, 2.75) is 58.5 Å². The summed E-state index contributed by atoms with van der Waals surface area (Å²) in [6.45, 7) is 5.09. The number of nitrogens with one attached hydrogen (secondary N) is 2. The topological polar surface area (TPSA) is 76.7 Å². The fourth-order valence-electron chi connectivity index (χ4n) is 3.63. The lowest BCUT2D eigenvalue weighted by Gasteiger charge is -2.34. The van der Waals surface area contributed by atoms with E-state index in [0.717, 1.165) is 24.2 Å². The SMILES string of the molecule is C[C@H]1[C@H](C)CCC[C@H]1NC(=O)CCC(=O)NCc1ccc2c(c1)OCO2. The molecule has 0 saturated heterocycles. The summed E-state index contributed by atoms with van der Waals surface area (Å²) in [6.07, 6.45) is 3.85. The third-order valence-electron chi connectivity index (χ3n) is 5.56. The Bertz CT molecular complexity index is 661. The minimum Gasteiger partial charge on any atom is -0.454 e. The van der Waals surface area contributed by atoms with Crippen LogP contribution in [0, 0.1) is 11.8 Å². The molecule has 1 heterocycles. The normalized spacial score (nSPS) is 24.2. The van der Waals surface area contributed by atoms with Crippen LogP contribution in [0.2, 0.25) is 0 Å². The Kier molecular flexibility index (Phi) is 6.01. The van der Waals surface area contributed by atoms with Gasteiger partial charge in [0.1, 0.15) is 0 Å². The second kappa shape index (κ2) is 8.43. The van der Waals surface area contributed by atoms with E-state index in [-0.39, 0.29) is 37.5 Å². The zero-order valence-electron chi connectivity index (χ0n) is 15.5. The fraction of sp³-hybridized carbons (Fsp3) is 0.600. The quantitative estimate of drug-likeness (QED) is 0.818. The molecule has 1 aliphatic heterocycles. The number of amides is 2. The van der Waals surface area contributed by atoms with Crippen molar-refractivity contribution in [3.05, 3.63) is 23.8 Å². The molecule has 3 rings (SSSR count). The number of benzene rings is 1. The van der Waals surface area contributed by atoms with E-state index in [4.69, 9.17) is 9.47 Å². The van der Waals surface area contributed by atoms with Crippen LogP contribution < -0.4 is 20.1 Å². The second-order valence-electron chi connectivity index (χ2n) is 7.41. The highest BCUT2D eigenvalue weighted by molar-refractivity contribution is 5.83. The van der Waals surface area contributed by atoms with Gasteiger partial charge in [0, 0.05) is 25.4 Å². The van der Waals surface area contributed by atoms with E-state index in [0.29, 0.717) is 24.1 Å². The van der Waals surface area contributed by atoms with Gasteiger partial charge in [0.25, 0.3) is 0 Å². The molecule has 3 atom stereocenters. The highest BCUT2D eigenvalue weighted by atomic mass is 16.7. The van der Waals surface area contributed by atoms with Crippen molar-refractivity contribution in [3.63, 3.8) is 0 Å². The molecule has 1 fully saturated rings. The summed E-state index contributed by atoms with van der Waals surface area (Å²) in [7, 11) is 0. The van der Waals surface area contributed by atoms with Crippen molar-refractivity contribution >= 4 is 11.8 Å². The summed E-state index contributed by atoms with van der Waals surface area (Å²) in [5.41, 5.74) is 0.942. The van der Waals surface area contributed by atoms with Crippen molar-refractivity contribution < 1.29 is 19.1 Å². The summed E-state index contributed by atoms with van der Waals surface area (Å²) in [6, 6.07) is 5.83. The lowest BCUT2D eigenvalue weighted by molar-refractivity contribution is -0.127. The van der Waals surface area contributed by atoms with Gasteiger partial charge in [-0.05, 0) is 36.0 Å². The predicted octanol–water partition coefficient (Wildman–Crippen LogP) is 2.75. The first-order valence-electron chi connectivity index (χ1n) is 9.47. The van der Waals surface area contributed by atoms with Crippen LogP contribution in [0.25, 0.3) is 0 Å². The van der Waals surface area contributed by atoms with Gasteiger partial charge in [-0.1, -0.05) is 32.8 Å². The van der Waals surface area contributed by atoms with Crippen LogP contribution in [0.5, 0.6) is 11.5 Å². The molecule has 1 aromatic rings. The van der Waals surface area contributed by atoms with E-state index < -0.39 is 0 Å². The largest absolute Gasteiger partial charge is 0.454 e. The van der Waals surface area contributed by atoms with E-state index >= 15 is 0 Å². The first-order chi connectivity index (χ1) is 12.5. The third-order valence-corrected chi connectivity index (χ3v) is 5.56. The van der Waals surface area contributed by atoms with Gasteiger partial charge in [0.05, 0.1) is 0 Å². The van der Waals surface area contributed by atoms with E-state index in [2.05, 4.69) is 24.5 Å². The van der Waals surface area contributed by atoms with Crippen LogP contribution >= 0.6 is 0 Å². The molecule has 0 unspecified atom stereocenters. The Labute approximate surface area is 154 Å². The number of carbonyl (C=O) groups excluding carboxylic acids is 2. The highest BCUT2D eigenvalue weighted by Crippen LogP contribution is 2.32. The molecule has 6 nitrogen and oxygen atoms in total. The lowest BCUT2D eigenvalue weighted by Crippen LogP contribution is -2.43. The number of ether oxygens (including phenoxy) is 2. The van der Waals surface area contributed by atoms with Crippen LogP contribution in [-0.2, 0) is 16.1 Å². The number of fused-ring (bicyclic) bond motifs is 1. The minimum absolute atomic E-state index is 0.0332. The van der Waals surface area contributed by atoms with Gasteiger partial charge in [-0.3, -0.25) is 9.59 Å². The van der Waals surface area contributed by atoms with Gasteiger partial charge in [-0.25, -0.2) is 0 Å². The molecule has 0 radical (unpaired) electrons. The van der Waals surface area contributed by atoms with Crippen molar-refractivity contribution in [2.24, 2.45) is 11.8 Å². The molecule has 142 valence electrons. The number of carbonyl (C=O) groups is 2. The molecular formula is C20H28N2O4. The Morgan fingerprint density at radius 2 is 1.85 bits per heavy atom. The maximum absolute atomic E-state index is 12.1. The molecule has 2 amide bonds. The second-order valence-corrected chi connectivity index (χ2v) is 7.41. The van der Waals surface area contributed by atoms with Crippen molar-refractivity contribution in [1.29, 1.82) is 0 Å². The first kappa shape index (κ1) is 18.5. The van der Waals surface area contributed by atoms with E-state index in [1.165, 1.54) is 6.42 Å². The van der Waals surface area contributed by atoms with E-state index in [9.17, 15) is 9.59 Å². The molecule has 0 spiro atoms. The molecule has 1 saturated carbocycles. The fourth-order valence-corrected chi connectivity index (χ4v) is 3.63. The molecule has 26 heavy (non-hydrogen) atoms. The average Bonchev–Trinajstić information content (AvgIpc) is 3.10. The standard InChI is InChI=1S/C20H28N2O4/c1-13-4-3-5-16(14(13)2)22-20(24)9-8-19(23)21-11-15-6-7-17-18(10-15)26-12-25-17/h6-7,10,13-14,16H,3-5,8-9,11-12H2,1-2H3,(H,21,23)(H,22,24)/t13-,14+,16-/m1/s1. The van der Waals surface area contributed by atoms with E-state index in [1.54, 1.807) is 0 Å².